The summed E-state index contributed by atoms with van der Waals surface area (Å²) in [5.41, 5.74) is 1.76. The number of benzene rings is 1. The molecule has 0 spiro atoms. The molecule has 0 aromatic heterocycles. The summed E-state index contributed by atoms with van der Waals surface area (Å²) >= 11 is 2.23. The van der Waals surface area contributed by atoms with Crippen molar-refractivity contribution in [3.63, 3.8) is 0 Å². The number of rotatable bonds is 5. The lowest BCUT2D eigenvalue weighted by molar-refractivity contribution is -0.148. The zero-order valence-corrected chi connectivity index (χ0v) is 15.5. The van der Waals surface area contributed by atoms with Crippen LogP contribution in [0.1, 0.15) is 37.7 Å². The average molecular weight is 427 g/mol. The number of esters is 1. The van der Waals surface area contributed by atoms with Crippen LogP contribution in [0, 0.1) is 28.2 Å². The van der Waals surface area contributed by atoms with Crippen molar-refractivity contribution in [2.75, 3.05) is 11.9 Å². The first-order valence-corrected chi connectivity index (χ1v) is 9.30. The molecule has 5 heteroatoms. The third-order valence-electron chi connectivity index (χ3n) is 5.14. The highest BCUT2D eigenvalue weighted by Crippen LogP contribution is 2.49. The van der Waals surface area contributed by atoms with Gasteiger partial charge in [0.25, 0.3) is 5.91 Å². The van der Waals surface area contributed by atoms with Crippen LogP contribution in [0.15, 0.2) is 18.2 Å². The number of carbonyl (C=O) groups excluding carboxylic acids is 2. The number of ether oxygens (including phenoxy) is 1. The van der Waals surface area contributed by atoms with E-state index in [1.165, 1.54) is 19.3 Å². The number of halogens is 1. The molecule has 2 saturated carbocycles. The van der Waals surface area contributed by atoms with Crippen molar-refractivity contribution in [2.24, 2.45) is 17.8 Å². The summed E-state index contributed by atoms with van der Waals surface area (Å²) in [5, 5.41) is 2.79. The van der Waals surface area contributed by atoms with E-state index in [0.717, 1.165) is 27.2 Å². The zero-order chi connectivity index (χ0) is 16.4. The minimum absolute atomic E-state index is 0.203. The minimum atomic E-state index is -0.282. The summed E-state index contributed by atoms with van der Waals surface area (Å²) in [6.45, 7) is 1.74. The smallest absolute Gasteiger partial charge is 0.306 e. The van der Waals surface area contributed by atoms with E-state index in [-0.39, 0.29) is 18.5 Å². The fourth-order valence-electron chi connectivity index (χ4n) is 4.00. The quantitative estimate of drug-likeness (QED) is 0.573. The van der Waals surface area contributed by atoms with Crippen molar-refractivity contribution in [1.29, 1.82) is 0 Å². The maximum atomic E-state index is 11.9. The molecule has 0 radical (unpaired) electrons. The Morgan fingerprint density at radius 2 is 2.13 bits per heavy atom. The Labute approximate surface area is 150 Å². The largest absolute Gasteiger partial charge is 0.456 e. The minimum Gasteiger partial charge on any atom is -0.456 e. The van der Waals surface area contributed by atoms with Crippen LogP contribution in [-0.4, -0.2) is 18.5 Å². The van der Waals surface area contributed by atoms with Crippen LogP contribution < -0.4 is 5.32 Å². The first-order chi connectivity index (χ1) is 11.0. The molecule has 23 heavy (non-hydrogen) atoms. The number of nitrogens with one attached hydrogen (secondary N) is 1. The Morgan fingerprint density at radius 3 is 2.78 bits per heavy atom. The summed E-state index contributed by atoms with van der Waals surface area (Å²) < 4.78 is 6.28. The van der Waals surface area contributed by atoms with E-state index in [2.05, 4.69) is 27.9 Å². The molecular formula is C18H22INO3. The number of aryl methyl sites for hydroxylation is 1. The molecule has 1 aromatic rings. The number of fused-ring (bicyclic) bond motifs is 2. The maximum absolute atomic E-state index is 11.9. The van der Waals surface area contributed by atoms with Crippen LogP contribution >= 0.6 is 22.6 Å². The molecule has 2 fully saturated rings. The molecule has 1 aromatic carbocycles. The summed E-state index contributed by atoms with van der Waals surface area (Å²) in [7, 11) is 0. The Morgan fingerprint density at radius 1 is 1.30 bits per heavy atom. The van der Waals surface area contributed by atoms with Gasteiger partial charge >= 0.3 is 5.97 Å². The van der Waals surface area contributed by atoms with E-state index < -0.39 is 0 Å². The molecule has 4 nitrogen and oxygen atoms in total. The van der Waals surface area contributed by atoms with Gasteiger partial charge in [-0.05, 0) is 90.3 Å². The molecule has 2 aliphatic rings. The monoisotopic (exact) mass is 427 g/mol. The van der Waals surface area contributed by atoms with Gasteiger partial charge < -0.3 is 10.1 Å². The summed E-state index contributed by atoms with van der Waals surface area (Å²) in [6.07, 6.45) is 5.50. The molecule has 124 valence electrons. The van der Waals surface area contributed by atoms with Crippen molar-refractivity contribution in [3.8, 4) is 0 Å². The molecule has 2 bridgehead atoms. The van der Waals surface area contributed by atoms with Crippen LogP contribution in [0.2, 0.25) is 0 Å². The van der Waals surface area contributed by atoms with Gasteiger partial charge in [0, 0.05) is 15.7 Å². The van der Waals surface area contributed by atoms with E-state index in [1.54, 1.807) is 0 Å². The molecule has 3 atom stereocenters. The van der Waals surface area contributed by atoms with Gasteiger partial charge in [0.1, 0.15) is 0 Å². The second kappa shape index (κ2) is 7.20. The SMILES string of the molecule is Cc1cc(I)ccc1NC(=O)COC(=O)C[C@@H]1C[C@H]2CC[C@H]1C2. The predicted molar refractivity (Wildman–Crippen MR) is 97.0 cm³/mol. The molecular weight excluding hydrogens is 405 g/mol. The maximum Gasteiger partial charge on any atom is 0.306 e. The van der Waals surface area contributed by atoms with E-state index in [4.69, 9.17) is 4.74 Å². The van der Waals surface area contributed by atoms with Crippen LogP contribution in [0.3, 0.4) is 0 Å². The van der Waals surface area contributed by atoms with Gasteiger partial charge in [0.2, 0.25) is 0 Å². The standard InChI is InChI=1S/C18H22INO3/c1-11-6-15(19)4-5-16(11)20-17(21)10-23-18(22)9-14-8-12-2-3-13(14)7-12/h4-6,12-14H,2-3,7-10H2,1H3,(H,20,21)/t12-,13-,14-/m0/s1. The fourth-order valence-corrected chi connectivity index (χ4v) is 4.65. The number of hydrogen-bond acceptors (Lipinski definition) is 3. The predicted octanol–water partition coefficient (Wildman–Crippen LogP) is 3.91. The molecule has 3 rings (SSSR count). The van der Waals surface area contributed by atoms with Gasteiger partial charge in [0.15, 0.2) is 6.61 Å². The number of anilines is 1. The Hall–Kier alpha value is -1.11. The van der Waals surface area contributed by atoms with Crippen molar-refractivity contribution >= 4 is 40.2 Å². The third kappa shape index (κ3) is 4.25. The fraction of sp³-hybridized carbons (Fsp3) is 0.556. The molecule has 1 amide bonds. The number of carbonyl (C=O) groups is 2. The zero-order valence-electron chi connectivity index (χ0n) is 13.3. The lowest BCUT2D eigenvalue weighted by Gasteiger charge is -2.20. The molecule has 0 saturated heterocycles. The van der Waals surface area contributed by atoms with Gasteiger partial charge in [-0.15, -0.1) is 0 Å². The van der Waals surface area contributed by atoms with E-state index in [9.17, 15) is 9.59 Å². The Balaban J connectivity index is 1.42. The van der Waals surface area contributed by atoms with E-state index in [1.807, 2.05) is 25.1 Å². The normalized spacial score (nSPS) is 25.4. The second-order valence-corrected chi connectivity index (χ2v) is 8.05. The lowest BCUT2D eigenvalue weighted by Crippen LogP contribution is -2.23. The average Bonchev–Trinajstić information content (AvgIpc) is 3.11. The highest BCUT2D eigenvalue weighted by molar-refractivity contribution is 14.1. The molecule has 1 N–H and O–H groups in total. The second-order valence-electron chi connectivity index (χ2n) is 6.81. The number of amides is 1. The van der Waals surface area contributed by atoms with Crippen LogP contribution in [0.25, 0.3) is 0 Å². The molecule has 0 heterocycles. The van der Waals surface area contributed by atoms with Crippen molar-refractivity contribution < 1.29 is 14.3 Å². The van der Waals surface area contributed by atoms with Gasteiger partial charge in [-0.3, -0.25) is 9.59 Å². The van der Waals surface area contributed by atoms with Gasteiger partial charge in [-0.2, -0.15) is 0 Å². The van der Waals surface area contributed by atoms with Crippen molar-refractivity contribution in [3.05, 3.63) is 27.3 Å². The van der Waals surface area contributed by atoms with Gasteiger partial charge in [-0.1, -0.05) is 6.42 Å². The van der Waals surface area contributed by atoms with Crippen LogP contribution in [0.4, 0.5) is 5.69 Å². The molecule has 2 aliphatic carbocycles. The highest BCUT2D eigenvalue weighted by atomic mass is 127. The van der Waals surface area contributed by atoms with Crippen LogP contribution in [-0.2, 0) is 14.3 Å². The van der Waals surface area contributed by atoms with Crippen molar-refractivity contribution in [2.45, 2.75) is 39.0 Å². The highest BCUT2D eigenvalue weighted by Gasteiger charge is 2.40. The number of hydrogen-bond donors (Lipinski definition) is 1. The van der Waals surface area contributed by atoms with Crippen LogP contribution in [0.5, 0.6) is 0 Å². The molecule has 0 unspecified atom stereocenters. The van der Waals surface area contributed by atoms with Gasteiger partial charge in [-0.25, -0.2) is 0 Å². The van der Waals surface area contributed by atoms with Crippen molar-refractivity contribution in [1.82, 2.24) is 0 Å². The van der Waals surface area contributed by atoms with E-state index in [0.29, 0.717) is 18.3 Å². The lowest BCUT2D eigenvalue weighted by atomic mass is 9.86. The Kier molecular flexibility index (Phi) is 5.24. The third-order valence-corrected chi connectivity index (χ3v) is 5.81. The Bertz CT molecular complexity index is 616. The summed E-state index contributed by atoms with van der Waals surface area (Å²) in [5.74, 6) is 1.48. The van der Waals surface area contributed by atoms with Gasteiger partial charge in [0.05, 0.1) is 0 Å². The van der Waals surface area contributed by atoms with E-state index >= 15 is 0 Å². The first-order valence-electron chi connectivity index (χ1n) is 8.23. The summed E-state index contributed by atoms with van der Waals surface area (Å²) in [6, 6.07) is 5.80. The molecule has 0 aliphatic heterocycles. The summed E-state index contributed by atoms with van der Waals surface area (Å²) in [4.78, 5) is 23.9. The topological polar surface area (TPSA) is 55.4 Å². The first kappa shape index (κ1) is 16.7.